The molecule has 0 aliphatic heterocycles. The molecular formula is C14H21NO2. The van der Waals surface area contributed by atoms with E-state index in [0.717, 1.165) is 29.7 Å². The maximum Gasteiger partial charge on any atom is 0.122 e. The molecule has 1 aliphatic carbocycles. The van der Waals surface area contributed by atoms with Crippen LogP contribution in [0.4, 0.5) is 0 Å². The van der Waals surface area contributed by atoms with Crippen LogP contribution in [0.2, 0.25) is 0 Å². The summed E-state index contributed by atoms with van der Waals surface area (Å²) in [7, 11) is 1.66. The molecule has 0 amide bonds. The Morgan fingerprint density at radius 1 is 1.35 bits per heavy atom. The van der Waals surface area contributed by atoms with Crippen LogP contribution in [0.15, 0.2) is 12.1 Å². The molecule has 0 bridgehead atoms. The molecule has 94 valence electrons. The minimum Gasteiger partial charge on any atom is -0.508 e. The Bertz CT molecular complexity index is 409. The first kappa shape index (κ1) is 12.2. The summed E-state index contributed by atoms with van der Waals surface area (Å²) in [6, 6.07) is 3.74. The first-order valence-corrected chi connectivity index (χ1v) is 6.21. The zero-order chi connectivity index (χ0) is 12.5. The summed E-state index contributed by atoms with van der Waals surface area (Å²) in [5.74, 6) is 1.19. The van der Waals surface area contributed by atoms with E-state index in [9.17, 15) is 5.11 Å². The maximum absolute atomic E-state index is 10.2. The van der Waals surface area contributed by atoms with Crippen LogP contribution in [-0.2, 0) is 5.41 Å². The number of nitrogens with two attached hydrogens (primary N) is 1. The summed E-state index contributed by atoms with van der Waals surface area (Å²) in [5.41, 5.74) is 7.81. The van der Waals surface area contributed by atoms with Crippen molar-refractivity contribution < 1.29 is 9.84 Å². The standard InChI is InChI=1S/C14H21NO2/c1-10-7-12(16)11(8-13(10)17-2)14(9-15)5-3-4-6-14/h7-8,16H,3-6,9,15H2,1-2H3. The highest BCUT2D eigenvalue weighted by atomic mass is 16.5. The zero-order valence-corrected chi connectivity index (χ0v) is 10.6. The number of aryl methyl sites for hydroxylation is 1. The molecule has 1 aromatic carbocycles. The average Bonchev–Trinajstić information content (AvgIpc) is 2.79. The van der Waals surface area contributed by atoms with Gasteiger partial charge in [-0.1, -0.05) is 12.8 Å². The predicted molar refractivity (Wildman–Crippen MR) is 68.6 cm³/mol. The summed E-state index contributed by atoms with van der Waals surface area (Å²) in [6.07, 6.45) is 4.49. The molecule has 0 saturated heterocycles. The van der Waals surface area contributed by atoms with Crippen LogP contribution in [0.3, 0.4) is 0 Å². The lowest BCUT2D eigenvalue weighted by Gasteiger charge is -2.29. The van der Waals surface area contributed by atoms with Crippen LogP contribution < -0.4 is 10.5 Å². The van der Waals surface area contributed by atoms with Gasteiger partial charge in [0.1, 0.15) is 11.5 Å². The number of aromatic hydroxyl groups is 1. The molecule has 1 aromatic rings. The number of rotatable bonds is 3. The van der Waals surface area contributed by atoms with Crippen LogP contribution in [0, 0.1) is 6.92 Å². The molecule has 1 aliphatic rings. The smallest absolute Gasteiger partial charge is 0.122 e. The number of methoxy groups -OCH3 is 1. The largest absolute Gasteiger partial charge is 0.508 e. The molecule has 3 N–H and O–H groups in total. The summed E-state index contributed by atoms with van der Waals surface area (Å²) < 4.78 is 5.34. The third-order valence-corrected chi connectivity index (χ3v) is 4.04. The summed E-state index contributed by atoms with van der Waals surface area (Å²) in [4.78, 5) is 0. The van der Waals surface area contributed by atoms with Crippen molar-refractivity contribution in [2.24, 2.45) is 5.73 Å². The maximum atomic E-state index is 10.2. The van der Waals surface area contributed by atoms with E-state index in [-0.39, 0.29) is 5.41 Å². The summed E-state index contributed by atoms with van der Waals surface area (Å²) in [6.45, 7) is 2.53. The minimum absolute atomic E-state index is 0.0505. The van der Waals surface area contributed by atoms with E-state index in [4.69, 9.17) is 10.5 Å². The Balaban J connectivity index is 2.50. The Hall–Kier alpha value is -1.22. The fourth-order valence-corrected chi connectivity index (χ4v) is 2.95. The van der Waals surface area contributed by atoms with Gasteiger partial charge in [0.2, 0.25) is 0 Å². The van der Waals surface area contributed by atoms with Crippen molar-refractivity contribution in [3.05, 3.63) is 23.3 Å². The van der Waals surface area contributed by atoms with E-state index < -0.39 is 0 Å². The Morgan fingerprint density at radius 2 is 2.00 bits per heavy atom. The highest BCUT2D eigenvalue weighted by Gasteiger charge is 2.36. The lowest BCUT2D eigenvalue weighted by atomic mass is 9.78. The van der Waals surface area contributed by atoms with Gasteiger partial charge in [-0.15, -0.1) is 0 Å². The first-order chi connectivity index (χ1) is 8.13. The lowest BCUT2D eigenvalue weighted by molar-refractivity contribution is 0.387. The van der Waals surface area contributed by atoms with Gasteiger partial charge in [-0.25, -0.2) is 0 Å². The van der Waals surface area contributed by atoms with Gasteiger partial charge >= 0.3 is 0 Å². The second kappa shape index (κ2) is 4.57. The van der Waals surface area contributed by atoms with Gasteiger partial charge in [0.25, 0.3) is 0 Å². The lowest BCUT2D eigenvalue weighted by Crippen LogP contribution is -2.32. The normalized spacial score (nSPS) is 18.3. The van der Waals surface area contributed by atoms with E-state index in [1.807, 2.05) is 13.0 Å². The van der Waals surface area contributed by atoms with Crippen molar-refractivity contribution in [1.29, 1.82) is 0 Å². The van der Waals surface area contributed by atoms with E-state index >= 15 is 0 Å². The molecular weight excluding hydrogens is 214 g/mol. The van der Waals surface area contributed by atoms with Crippen molar-refractivity contribution in [3.8, 4) is 11.5 Å². The number of benzene rings is 1. The summed E-state index contributed by atoms with van der Waals surface area (Å²) in [5, 5.41) is 10.2. The van der Waals surface area contributed by atoms with Gasteiger partial charge in [0.15, 0.2) is 0 Å². The Labute approximate surface area is 103 Å². The number of phenolic OH excluding ortho intramolecular Hbond substituents is 1. The molecule has 0 radical (unpaired) electrons. The topological polar surface area (TPSA) is 55.5 Å². The van der Waals surface area contributed by atoms with Crippen LogP contribution >= 0.6 is 0 Å². The molecule has 0 aromatic heterocycles. The van der Waals surface area contributed by atoms with Crippen molar-refractivity contribution in [2.45, 2.75) is 38.0 Å². The molecule has 17 heavy (non-hydrogen) atoms. The molecule has 2 rings (SSSR count). The van der Waals surface area contributed by atoms with Gasteiger partial charge in [-0.05, 0) is 37.5 Å². The molecule has 1 fully saturated rings. The van der Waals surface area contributed by atoms with Gasteiger partial charge in [0.05, 0.1) is 7.11 Å². The van der Waals surface area contributed by atoms with Crippen molar-refractivity contribution in [2.75, 3.05) is 13.7 Å². The predicted octanol–water partition coefficient (Wildman–Crippen LogP) is 2.48. The first-order valence-electron chi connectivity index (χ1n) is 6.21. The third-order valence-electron chi connectivity index (χ3n) is 4.04. The van der Waals surface area contributed by atoms with E-state index in [2.05, 4.69) is 0 Å². The zero-order valence-electron chi connectivity index (χ0n) is 10.6. The number of phenols is 1. The third kappa shape index (κ3) is 2.00. The molecule has 0 unspecified atom stereocenters. The number of hydrogen-bond acceptors (Lipinski definition) is 3. The van der Waals surface area contributed by atoms with E-state index in [0.29, 0.717) is 12.3 Å². The molecule has 0 atom stereocenters. The molecule has 3 heteroatoms. The summed E-state index contributed by atoms with van der Waals surface area (Å²) >= 11 is 0. The van der Waals surface area contributed by atoms with Crippen LogP contribution in [0.25, 0.3) is 0 Å². The highest BCUT2D eigenvalue weighted by molar-refractivity contribution is 5.49. The second-order valence-electron chi connectivity index (χ2n) is 5.03. The highest BCUT2D eigenvalue weighted by Crippen LogP contribution is 2.45. The minimum atomic E-state index is -0.0505. The Morgan fingerprint density at radius 3 is 2.53 bits per heavy atom. The Kier molecular flexibility index (Phi) is 3.29. The van der Waals surface area contributed by atoms with E-state index in [1.54, 1.807) is 13.2 Å². The second-order valence-corrected chi connectivity index (χ2v) is 5.03. The van der Waals surface area contributed by atoms with Crippen molar-refractivity contribution in [3.63, 3.8) is 0 Å². The van der Waals surface area contributed by atoms with Crippen LogP contribution in [-0.4, -0.2) is 18.8 Å². The molecule has 0 spiro atoms. The SMILES string of the molecule is COc1cc(C2(CN)CCCC2)c(O)cc1C. The van der Waals surface area contributed by atoms with Crippen molar-refractivity contribution in [1.82, 2.24) is 0 Å². The van der Waals surface area contributed by atoms with Crippen molar-refractivity contribution >= 4 is 0 Å². The van der Waals surface area contributed by atoms with Gasteiger partial charge in [0, 0.05) is 17.5 Å². The molecule has 3 nitrogen and oxygen atoms in total. The van der Waals surface area contributed by atoms with Gasteiger partial charge < -0.3 is 15.6 Å². The van der Waals surface area contributed by atoms with Crippen LogP contribution in [0.1, 0.15) is 36.8 Å². The fraction of sp³-hybridized carbons (Fsp3) is 0.571. The van der Waals surface area contributed by atoms with Gasteiger partial charge in [-0.2, -0.15) is 0 Å². The van der Waals surface area contributed by atoms with E-state index in [1.165, 1.54) is 12.8 Å². The molecule has 0 heterocycles. The van der Waals surface area contributed by atoms with Gasteiger partial charge in [-0.3, -0.25) is 0 Å². The van der Waals surface area contributed by atoms with Crippen LogP contribution in [0.5, 0.6) is 11.5 Å². The average molecular weight is 235 g/mol. The quantitative estimate of drug-likeness (QED) is 0.846. The number of hydrogen-bond donors (Lipinski definition) is 2. The monoisotopic (exact) mass is 235 g/mol. The number of ether oxygens (including phenoxy) is 1. The fourth-order valence-electron chi connectivity index (χ4n) is 2.95. The molecule has 1 saturated carbocycles.